The first-order valence-electron chi connectivity index (χ1n) is 11.4. The number of amides is 1. The van der Waals surface area contributed by atoms with E-state index in [1.165, 1.54) is 6.33 Å². The van der Waals surface area contributed by atoms with Gasteiger partial charge >= 0.3 is 0 Å². The summed E-state index contributed by atoms with van der Waals surface area (Å²) in [7, 11) is 2.04. The van der Waals surface area contributed by atoms with Gasteiger partial charge in [-0.1, -0.05) is 6.92 Å². The highest BCUT2D eigenvalue weighted by atomic mass is 16.5. The van der Waals surface area contributed by atoms with E-state index in [-0.39, 0.29) is 30.6 Å². The van der Waals surface area contributed by atoms with Crippen LogP contribution < -0.4 is 4.74 Å². The van der Waals surface area contributed by atoms with E-state index in [1.54, 1.807) is 42.0 Å². The maximum absolute atomic E-state index is 13.5. The van der Waals surface area contributed by atoms with Crippen LogP contribution in [0.25, 0.3) is 11.1 Å². The number of aliphatic hydroxyl groups excluding tert-OH is 1. The summed E-state index contributed by atoms with van der Waals surface area (Å²) in [5.41, 5.74) is 3.02. The Labute approximate surface area is 199 Å². The van der Waals surface area contributed by atoms with Crippen LogP contribution in [0.1, 0.15) is 29.8 Å². The van der Waals surface area contributed by atoms with Crippen LogP contribution in [0.15, 0.2) is 55.5 Å². The van der Waals surface area contributed by atoms with Gasteiger partial charge in [-0.05, 0) is 37.7 Å². The number of aliphatic hydroxyl groups is 1. The summed E-state index contributed by atoms with van der Waals surface area (Å²) in [4.78, 5) is 34.2. The molecule has 4 rings (SSSR count). The lowest BCUT2D eigenvalue weighted by Gasteiger charge is -2.37. The average Bonchev–Trinajstić information content (AvgIpc) is 2.86. The molecular weight excluding hydrogens is 432 g/mol. The van der Waals surface area contributed by atoms with Crippen LogP contribution in [-0.4, -0.2) is 79.6 Å². The lowest BCUT2D eigenvalue weighted by Crippen LogP contribution is -2.49. The molecule has 0 spiro atoms. The van der Waals surface area contributed by atoms with Gasteiger partial charge in [0.05, 0.1) is 12.6 Å². The predicted molar refractivity (Wildman–Crippen MR) is 127 cm³/mol. The second-order valence-corrected chi connectivity index (χ2v) is 8.88. The largest absolute Gasteiger partial charge is 0.472 e. The van der Waals surface area contributed by atoms with E-state index in [2.05, 4.69) is 31.8 Å². The van der Waals surface area contributed by atoms with E-state index >= 15 is 0 Å². The van der Waals surface area contributed by atoms with Crippen LogP contribution in [-0.2, 0) is 6.54 Å². The van der Waals surface area contributed by atoms with Crippen molar-refractivity contribution < 1.29 is 14.6 Å². The number of ether oxygens (including phenoxy) is 1. The summed E-state index contributed by atoms with van der Waals surface area (Å²) in [5, 5.41) is 9.84. The molecule has 178 valence electrons. The molecule has 0 saturated heterocycles. The standard InChI is InChI=1S/C25H30N6O3/c1-17-12-31(18(2)15-32)25(33)22-8-20(21-9-27-16-28-10-21)11-29-24(22)34-23(17)14-30(3)13-19-4-6-26-7-5-19/h4-11,16-18,23,32H,12-15H2,1-3H3/t17-,18+,23-/m1/s1. The molecule has 0 bridgehead atoms. The highest BCUT2D eigenvalue weighted by molar-refractivity contribution is 5.98. The molecule has 1 aliphatic rings. The maximum atomic E-state index is 13.5. The number of pyridine rings is 2. The molecule has 1 aliphatic heterocycles. The molecule has 34 heavy (non-hydrogen) atoms. The first kappa shape index (κ1) is 23.7. The average molecular weight is 463 g/mol. The minimum atomic E-state index is -0.334. The van der Waals surface area contributed by atoms with Crippen LogP contribution in [0.2, 0.25) is 0 Å². The quantitative estimate of drug-likeness (QED) is 0.570. The van der Waals surface area contributed by atoms with Crippen LogP contribution in [0.3, 0.4) is 0 Å². The highest BCUT2D eigenvalue weighted by Crippen LogP contribution is 2.30. The smallest absolute Gasteiger partial charge is 0.259 e. The van der Waals surface area contributed by atoms with E-state index < -0.39 is 0 Å². The van der Waals surface area contributed by atoms with E-state index in [9.17, 15) is 9.90 Å². The summed E-state index contributed by atoms with van der Waals surface area (Å²) < 4.78 is 6.37. The molecule has 9 nitrogen and oxygen atoms in total. The van der Waals surface area contributed by atoms with Gasteiger partial charge in [-0.2, -0.15) is 0 Å². The van der Waals surface area contributed by atoms with Gasteiger partial charge in [0.25, 0.3) is 5.91 Å². The zero-order valence-corrected chi connectivity index (χ0v) is 19.7. The predicted octanol–water partition coefficient (Wildman–Crippen LogP) is 2.29. The zero-order valence-electron chi connectivity index (χ0n) is 19.7. The minimum absolute atomic E-state index is 0.0231. The Morgan fingerprint density at radius 3 is 2.62 bits per heavy atom. The van der Waals surface area contributed by atoms with Crippen molar-refractivity contribution in [2.24, 2.45) is 5.92 Å². The van der Waals surface area contributed by atoms with Crippen LogP contribution >= 0.6 is 0 Å². The molecule has 3 aromatic rings. The van der Waals surface area contributed by atoms with E-state index in [0.717, 1.165) is 23.2 Å². The second-order valence-electron chi connectivity index (χ2n) is 8.88. The summed E-state index contributed by atoms with van der Waals surface area (Å²) in [5.74, 6) is 0.114. The van der Waals surface area contributed by atoms with Gasteiger partial charge in [0.15, 0.2) is 0 Å². The Balaban J connectivity index is 1.65. The molecule has 4 heterocycles. The highest BCUT2D eigenvalue weighted by Gasteiger charge is 2.34. The fourth-order valence-corrected chi connectivity index (χ4v) is 4.10. The first-order chi connectivity index (χ1) is 16.5. The van der Waals surface area contributed by atoms with E-state index in [1.807, 2.05) is 26.1 Å². The number of aromatic nitrogens is 4. The van der Waals surface area contributed by atoms with Crippen LogP contribution in [0, 0.1) is 5.92 Å². The molecule has 3 aromatic heterocycles. The molecule has 1 amide bonds. The fourth-order valence-electron chi connectivity index (χ4n) is 4.10. The van der Waals surface area contributed by atoms with Crippen LogP contribution in [0.5, 0.6) is 5.88 Å². The lowest BCUT2D eigenvalue weighted by atomic mass is 9.99. The van der Waals surface area contributed by atoms with Crippen molar-refractivity contribution in [3.63, 3.8) is 0 Å². The Kier molecular flexibility index (Phi) is 7.44. The van der Waals surface area contributed by atoms with Crippen molar-refractivity contribution >= 4 is 5.91 Å². The summed E-state index contributed by atoms with van der Waals surface area (Å²) >= 11 is 0. The Hall–Kier alpha value is -3.43. The van der Waals surface area contributed by atoms with E-state index in [4.69, 9.17) is 4.74 Å². The number of nitrogens with zero attached hydrogens (tertiary/aromatic N) is 6. The first-order valence-corrected chi connectivity index (χ1v) is 11.4. The summed E-state index contributed by atoms with van der Waals surface area (Å²) in [6.07, 6.45) is 9.86. The number of likely N-dealkylation sites (N-methyl/N-ethyl adjacent to an activating group) is 1. The van der Waals surface area contributed by atoms with E-state index in [0.29, 0.717) is 24.5 Å². The van der Waals surface area contributed by atoms with Gasteiger partial charge < -0.3 is 14.7 Å². The van der Waals surface area contributed by atoms with Crippen molar-refractivity contribution in [3.05, 3.63) is 66.6 Å². The normalized spacial score (nSPS) is 19.2. The molecule has 0 saturated carbocycles. The number of carbonyl (C=O) groups is 1. The van der Waals surface area contributed by atoms with Crippen molar-refractivity contribution in [2.75, 3.05) is 26.7 Å². The lowest BCUT2D eigenvalue weighted by molar-refractivity contribution is 0.0325. The monoisotopic (exact) mass is 462 g/mol. The number of rotatable bonds is 7. The van der Waals surface area contributed by atoms with Gasteiger partial charge in [0.2, 0.25) is 5.88 Å². The molecule has 0 fully saturated rings. The third kappa shape index (κ3) is 5.37. The van der Waals surface area contributed by atoms with Crippen molar-refractivity contribution in [2.45, 2.75) is 32.5 Å². The fraction of sp³-hybridized carbons (Fsp3) is 0.400. The minimum Gasteiger partial charge on any atom is -0.472 e. The topological polar surface area (TPSA) is 105 Å². The van der Waals surface area contributed by atoms with Gasteiger partial charge in [-0.3, -0.25) is 14.7 Å². The molecule has 9 heteroatoms. The molecule has 0 unspecified atom stereocenters. The molecule has 1 N–H and O–H groups in total. The maximum Gasteiger partial charge on any atom is 0.259 e. The Morgan fingerprint density at radius 1 is 1.18 bits per heavy atom. The number of carbonyl (C=O) groups excluding carboxylic acids is 1. The number of hydrogen-bond acceptors (Lipinski definition) is 8. The van der Waals surface area contributed by atoms with Crippen molar-refractivity contribution in [1.29, 1.82) is 0 Å². The third-order valence-corrected chi connectivity index (χ3v) is 6.11. The van der Waals surface area contributed by atoms with Gasteiger partial charge in [0, 0.05) is 67.7 Å². The molecule has 0 aliphatic carbocycles. The Bertz CT molecular complexity index is 1100. The summed E-state index contributed by atoms with van der Waals surface area (Å²) in [6.45, 7) is 5.65. The van der Waals surface area contributed by atoms with Gasteiger partial charge in [-0.25, -0.2) is 15.0 Å². The SMILES string of the molecule is C[C@@H]1CN([C@@H](C)CO)C(=O)c2cc(-c3cncnc3)cnc2O[C@@H]1CN(C)Cc1ccncc1. The summed E-state index contributed by atoms with van der Waals surface area (Å²) in [6, 6.07) is 5.43. The molecular formula is C25H30N6O3. The second kappa shape index (κ2) is 10.7. The molecule has 0 aromatic carbocycles. The van der Waals surface area contributed by atoms with Crippen LogP contribution in [0.4, 0.5) is 0 Å². The zero-order chi connectivity index (χ0) is 24.1. The number of fused-ring (bicyclic) bond motifs is 1. The van der Waals surface area contributed by atoms with Gasteiger partial charge in [-0.15, -0.1) is 0 Å². The number of hydrogen-bond donors (Lipinski definition) is 1. The Morgan fingerprint density at radius 2 is 1.91 bits per heavy atom. The third-order valence-electron chi connectivity index (χ3n) is 6.11. The molecule has 0 radical (unpaired) electrons. The molecule has 3 atom stereocenters. The van der Waals surface area contributed by atoms with Gasteiger partial charge in [0.1, 0.15) is 18.0 Å². The van der Waals surface area contributed by atoms with Crippen molar-refractivity contribution in [3.8, 4) is 17.0 Å². The van der Waals surface area contributed by atoms with Crippen molar-refractivity contribution in [1.82, 2.24) is 29.7 Å².